The van der Waals surface area contributed by atoms with E-state index in [0.717, 1.165) is 22.3 Å². The number of rotatable bonds is 8. The normalized spacial score (nSPS) is 13.6. The highest BCUT2D eigenvalue weighted by atomic mass is 19.4. The Morgan fingerprint density at radius 1 is 1.04 bits per heavy atom. The van der Waals surface area contributed by atoms with Crippen LogP contribution < -0.4 is 10.6 Å². The topological polar surface area (TPSA) is 133 Å². The fourth-order valence-corrected chi connectivity index (χ4v) is 4.44. The lowest BCUT2D eigenvalue weighted by molar-refractivity contribution is -0.192. The maximum atomic E-state index is 14.4. The van der Waals surface area contributed by atoms with Gasteiger partial charge in [-0.25, -0.2) is 14.2 Å². The van der Waals surface area contributed by atoms with E-state index in [1.165, 1.54) is 32.0 Å². The van der Waals surface area contributed by atoms with Gasteiger partial charge in [0.2, 0.25) is 5.91 Å². The molecule has 0 spiro atoms. The Morgan fingerprint density at radius 3 is 2.20 bits per heavy atom. The number of aryl methyl sites for hydroxylation is 1. The van der Waals surface area contributed by atoms with Crippen LogP contribution in [0.25, 0.3) is 33.2 Å². The van der Waals surface area contributed by atoms with Gasteiger partial charge in [0.05, 0.1) is 24.1 Å². The van der Waals surface area contributed by atoms with E-state index in [2.05, 4.69) is 15.6 Å². The third kappa shape index (κ3) is 8.72. The van der Waals surface area contributed by atoms with E-state index >= 15 is 0 Å². The molecule has 0 fully saturated rings. The number of carbonyl (C=O) groups is 2. The van der Waals surface area contributed by atoms with Gasteiger partial charge in [0.15, 0.2) is 0 Å². The minimum absolute atomic E-state index is 0.195. The molecule has 1 amide bonds. The minimum atomic E-state index is -5.08. The summed E-state index contributed by atoms with van der Waals surface area (Å²) in [6.45, 7) is 3.87. The molecule has 4 aromatic rings. The van der Waals surface area contributed by atoms with Gasteiger partial charge in [-0.05, 0) is 50.6 Å². The number of halogens is 7. The van der Waals surface area contributed by atoms with E-state index < -0.39 is 54.9 Å². The summed E-state index contributed by atoms with van der Waals surface area (Å²) in [5, 5.41) is 21.7. The lowest BCUT2D eigenvalue weighted by Gasteiger charge is -2.29. The van der Waals surface area contributed by atoms with Crippen LogP contribution in [0.4, 0.5) is 30.7 Å². The van der Waals surface area contributed by atoms with Crippen molar-refractivity contribution in [1.29, 1.82) is 5.26 Å². The number of nitrogens with one attached hydrogen (secondary N) is 2. The second-order valence-corrected chi connectivity index (χ2v) is 10.7. The van der Waals surface area contributed by atoms with Crippen LogP contribution >= 0.6 is 0 Å². The van der Waals surface area contributed by atoms with Crippen molar-refractivity contribution in [3.05, 3.63) is 54.0 Å². The highest BCUT2D eigenvalue weighted by Gasteiger charge is 2.44. The second kappa shape index (κ2) is 13.1. The van der Waals surface area contributed by atoms with E-state index in [9.17, 15) is 35.5 Å². The van der Waals surface area contributed by atoms with Gasteiger partial charge in [-0.15, -0.1) is 0 Å². The van der Waals surface area contributed by atoms with Gasteiger partial charge in [0, 0.05) is 35.5 Å². The zero-order valence-corrected chi connectivity index (χ0v) is 24.3. The fraction of sp³-hybridized carbons (Fsp3) is 0.379. The standard InChI is InChI=1S/C27H27F4N5O2.C2HF3O2/c1-15-23(34-14-36(15)4)16-6-8-21-19(11-16)18-7-5-17(12-22(18)38-21)24(27(29,30)31)35-20(13-26(2,3)28)25(37)33-10-9-32;3-2(4,5)1(6)7/h5-8,11-12,14,20,24,35H,10,13H2,1-4H3,(H,33,37);(H,6,7)/t20-,24-;/m0./s1. The van der Waals surface area contributed by atoms with Gasteiger partial charge in [0.25, 0.3) is 0 Å². The summed E-state index contributed by atoms with van der Waals surface area (Å²) in [5.74, 6) is -3.65. The maximum Gasteiger partial charge on any atom is 0.490 e. The number of nitriles is 1. The van der Waals surface area contributed by atoms with Crippen LogP contribution in [0.2, 0.25) is 0 Å². The first-order valence-electron chi connectivity index (χ1n) is 13.1. The van der Waals surface area contributed by atoms with Crippen LogP contribution in [0.3, 0.4) is 0 Å². The molecule has 2 aromatic heterocycles. The molecule has 0 aliphatic carbocycles. The number of benzene rings is 2. The van der Waals surface area contributed by atoms with Crippen molar-refractivity contribution in [2.75, 3.05) is 6.54 Å². The monoisotopic (exact) mass is 643 g/mol. The van der Waals surface area contributed by atoms with Crippen LogP contribution in [0.1, 0.15) is 37.6 Å². The average molecular weight is 644 g/mol. The molecule has 4 rings (SSSR count). The minimum Gasteiger partial charge on any atom is -0.475 e. The van der Waals surface area contributed by atoms with Gasteiger partial charge in [-0.3, -0.25) is 10.1 Å². The Morgan fingerprint density at radius 2 is 1.69 bits per heavy atom. The molecular weight excluding hydrogens is 615 g/mol. The van der Waals surface area contributed by atoms with Gasteiger partial charge in [-0.2, -0.15) is 31.6 Å². The predicted molar refractivity (Wildman–Crippen MR) is 148 cm³/mol. The third-order valence-electron chi connectivity index (χ3n) is 6.62. The summed E-state index contributed by atoms with van der Waals surface area (Å²) >= 11 is 0. The van der Waals surface area contributed by atoms with Crippen molar-refractivity contribution in [1.82, 2.24) is 20.2 Å². The smallest absolute Gasteiger partial charge is 0.475 e. The highest BCUT2D eigenvalue weighted by Crippen LogP contribution is 2.38. The molecule has 9 nitrogen and oxygen atoms in total. The number of alkyl halides is 7. The Bertz CT molecular complexity index is 1730. The first kappa shape index (κ1) is 34.8. The summed E-state index contributed by atoms with van der Waals surface area (Å²) in [6, 6.07) is 7.46. The maximum absolute atomic E-state index is 14.4. The number of imidazole rings is 1. The van der Waals surface area contributed by atoms with E-state index in [4.69, 9.17) is 19.6 Å². The molecule has 0 radical (unpaired) electrons. The summed E-state index contributed by atoms with van der Waals surface area (Å²) in [6.07, 6.45) is -8.71. The van der Waals surface area contributed by atoms with Crippen LogP contribution in [0.5, 0.6) is 0 Å². The molecule has 2 aromatic carbocycles. The largest absolute Gasteiger partial charge is 0.490 e. The Labute approximate surface area is 251 Å². The number of furan rings is 1. The van der Waals surface area contributed by atoms with E-state index in [1.807, 2.05) is 30.7 Å². The lowest BCUT2D eigenvalue weighted by Crippen LogP contribution is -2.51. The third-order valence-corrected chi connectivity index (χ3v) is 6.62. The molecule has 0 aliphatic rings. The Kier molecular flexibility index (Phi) is 10.2. The van der Waals surface area contributed by atoms with Crippen molar-refractivity contribution in [3.63, 3.8) is 0 Å². The van der Waals surface area contributed by atoms with Gasteiger partial charge >= 0.3 is 18.3 Å². The number of aliphatic carboxylic acids is 1. The number of nitrogens with zero attached hydrogens (tertiary/aromatic N) is 3. The van der Waals surface area contributed by atoms with Gasteiger partial charge < -0.3 is 19.4 Å². The van der Waals surface area contributed by atoms with Crippen molar-refractivity contribution >= 4 is 33.8 Å². The van der Waals surface area contributed by atoms with E-state index in [0.29, 0.717) is 11.0 Å². The zero-order chi connectivity index (χ0) is 33.9. The van der Waals surface area contributed by atoms with Crippen molar-refractivity contribution in [2.45, 2.75) is 57.3 Å². The SMILES string of the molecule is Cc1c(-c2ccc3oc4cc([C@H](N[C@@H](CC(C)(C)F)C(=O)NCC#N)C(F)(F)F)ccc4c3c2)ncn1C.O=C(O)C(F)(F)F. The molecule has 3 N–H and O–H groups in total. The number of amides is 1. The number of aromatic nitrogens is 2. The molecule has 2 heterocycles. The summed E-state index contributed by atoms with van der Waals surface area (Å²) in [7, 11) is 1.89. The van der Waals surface area contributed by atoms with Crippen LogP contribution in [0.15, 0.2) is 47.1 Å². The zero-order valence-electron chi connectivity index (χ0n) is 24.3. The molecule has 0 unspecified atom stereocenters. The number of carbonyl (C=O) groups excluding carboxylic acids is 1. The molecule has 16 heteroatoms. The van der Waals surface area contributed by atoms with Crippen LogP contribution in [-0.2, 0) is 16.6 Å². The Hall–Kier alpha value is -4.65. The molecular formula is C29H28F7N5O4. The molecule has 0 saturated heterocycles. The molecule has 242 valence electrons. The van der Waals surface area contributed by atoms with Gasteiger partial charge in [0.1, 0.15) is 29.4 Å². The molecule has 0 bridgehead atoms. The van der Waals surface area contributed by atoms with Crippen LogP contribution in [-0.4, -0.2) is 57.1 Å². The van der Waals surface area contributed by atoms with Crippen molar-refractivity contribution in [3.8, 4) is 17.3 Å². The Balaban J connectivity index is 0.000000707. The molecule has 0 aliphatic heterocycles. The van der Waals surface area contributed by atoms with Crippen LogP contribution in [0, 0.1) is 18.3 Å². The summed E-state index contributed by atoms with van der Waals surface area (Å²) in [4.78, 5) is 25.8. The first-order chi connectivity index (χ1) is 20.7. The summed E-state index contributed by atoms with van der Waals surface area (Å²) < 4.78 is 96.5. The number of carboxylic acids is 1. The van der Waals surface area contributed by atoms with E-state index in [1.54, 1.807) is 18.5 Å². The second-order valence-electron chi connectivity index (χ2n) is 10.7. The molecule has 2 atom stereocenters. The average Bonchev–Trinajstić information content (AvgIpc) is 3.46. The molecule has 0 saturated carbocycles. The van der Waals surface area contributed by atoms with Gasteiger partial charge in [-0.1, -0.05) is 12.1 Å². The quantitative estimate of drug-likeness (QED) is 0.152. The van der Waals surface area contributed by atoms with E-state index in [-0.39, 0.29) is 11.1 Å². The van der Waals surface area contributed by atoms with Crippen molar-refractivity contribution < 1.29 is 49.8 Å². The predicted octanol–water partition coefficient (Wildman–Crippen LogP) is 6.27. The fourth-order valence-electron chi connectivity index (χ4n) is 4.44. The first-order valence-corrected chi connectivity index (χ1v) is 13.1. The molecule has 45 heavy (non-hydrogen) atoms. The lowest BCUT2D eigenvalue weighted by atomic mass is 9.97. The summed E-state index contributed by atoms with van der Waals surface area (Å²) in [5.41, 5.74) is 1.20. The number of hydrogen-bond acceptors (Lipinski definition) is 6. The number of fused-ring (bicyclic) bond motifs is 3. The van der Waals surface area contributed by atoms with Crippen molar-refractivity contribution in [2.24, 2.45) is 7.05 Å². The number of hydrogen-bond donors (Lipinski definition) is 3. The highest BCUT2D eigenvalue weighted by molar-refractivity contribution is 6.06. The number of carboxylic acid groups (broad SMARTS) is 1.